The molecule has 3 aromatic heterocycles. The Kier molecular flexibility index (Phi) is 14.4. The van der Waals surface area contributed by atoms with Gasteiger partial charge in [0.05, 0.1) is 46.3 Å². The Morgan fingerprint density at radius 1 is 1.01 bits per heavy atom. The number of imide groups is 1. The van der Waals surface area contributed by atoms with Crippen molar-refractivity contribution in [2.75, 3.05) is 66.3 Å². The Hall–Kier alpha value is -5.02. The Labute approximate surface area is 410 Å². The van der Waals surface area contributed by atoms with Crippen LogP contribution in [0.3, 0.4) is 0 Å². The number of pyridine rings is 1. The predicted octanol–water partition coefficient (Wildman–Crippen LogP) is 4.52. The zero-order valence-corrected chi connectivity index (χ0v) is 39.8. The van der Waals surface area contributed by atoms with Crippen LogP contribution in [0.4, 0.5) is 42.0 Å². The number of halogens is 4. The minimum atomic E-state index is -3.10. The molecule has 10 rings (SSSR count). The third-order valence-electron chi connectivity index (χ3n) is 14.2. The van der Waals surface area contributed by atoms with Crippen molar-refractivity contribution in [3.05, 3.63) is 83.8 Å². The summed E-state index contributed by atoms with van der Waals surface area (Å²) in [5.41, 5.74) is 3.17. The first kappa shape index (κ1) is 49.4. The monoisotopic (exact) mass is 949 g/mol. The fourth-order valence-corrected chi connectivity index (χ4v) is 10.1. The van der Waals surface area contributed by atoms with E-state index in [1.54, 1.807) is 37.1 Å². The Morgan fingerprint density at radius 2 is 1.74 bits per heavy atom. The molecule has 0 radical (unpaired) electrons. The van der Waals surface area contributed by atoms with Crippen LogP contribution in [0, 0.1) is 37.5 Å². The van der Waals surface area contributed by atoms with Crippen LogP contribution in [-0.4, -0.2) is 98.9 Å². The molecule has 2 amide bonds. The SMILES string of the molecule is [CH2-]CN(C[CH-]C)c1cc2c(cc1F)c(C1CCC(=O)NC1=O)nn2C.[CH2-]N1CCC2(CC1)CCN(c1ncc(Cl)c(Nc3ccc4c(c3)c3c(c(=O)n4C)OCC(F)(F)[C@H](C4CC4)N3)n1)CC2.[Li+]. The van der Waals surface area contributed by atoms with Crippen molar-refractivity contribution in [2.24, 2.45) is 25.4 Å². The third kappa shape index (κ3) is 9.75. The van der Waals surface area contributed by atoms with E-state index in [-0.39, 0.29) is 54.6 Å². The van der Waals surface area contributed by atoms with Gasteiger partial charge in [-0.05, 0) is 99.7 Å². The van der Waals surface area contributed by atoms with Gasteiger partial charge in [-0.15, -0.1) is 13.1 Å². The van der Waals surface area contributed by atoms with Gasteiger partial charge in [0, 0.05) is 50.1 Å². The Morgan fingerprint density at radius 3 is 2.41 bits per heavy atom. The van der Waals surface area contributed by atoms with Crippen molar-refractivity contribution in [2.45, 2.75) is 76.2 Å². The Balaban J connectivity index is 0.000000206. The number of rotatable bonds is 9. The summed E-state index contributed by atoms with van der Waals surface area (Å²) in [5, 5.41) is 14.7. The number of anilines is 5. The van der Waals surface area contributed by atoms with E-state index in [1.165, 1.54) is 23.5 Å². The number of piperidine rings is 3. The molecule has 4 aliphatic heterocycles. The zero-order chi connectivity index (χ0) is 47.4. The van der Waals surface area contributed by atoms with Crippen molar-refractivity contribution < 1.29 is 46.4 Å². The predicted molar refractivity (Wildman–Crippen MR) is 253 cm³/mol. The van der Waals surface area contributed by atoms with Gasteiger partial charge in [-0.25, -0.2) is 18.2 Å². The Bertz CT molecular complexity index is 2770. The second kappa shape index (κ2) is 19.8. The number of carbonyl (C=O) groups is 2. The molecule has 0 bridgehead atoms. The van der Waals surface area contributed by atoms with Crippen molar-refractivity contribution in [3.8, 4) is 5.75 Å². The van der Waals surface area contributed by atoms with Gasteiger partial charge in [0.15, 0.2) is 12.4 Å². The third-order valence-corrected chi connectivity index (χ3v) is 14.4. The van der Waals surface area contributed by atoms with Crippen molar-refractivity contribution in [3.63, 3.8) is 0 Å². The maximum atomic E-state index is 15.0. The summed E-state index contributed by atoms with van der Waals surface area (Å²) < 4.78 is 53.3. The van der Waals surface area contributed by atoms with Crippen LogP contribution in [0.2, 0.25) is 5.02 Å². The number of fused-ring (bicyclic) bond motifs is 4. The van der Waals surface area contributed by atoms with Gasteiger partial charge < -0.3 is 48.0 Å². The van der Waals surface area contributed by atoms with Gasteiger partial charge in [-0.2, -0.15) is 17.0 Å². The van der Waals surface area contributed by atoms with Crippen LogP contribution < -0.4 is 54.9 Å². The first-order valence-electron chi connectivity index (χ1n) is 22.9. The molecule has 1 unspecified atom stereocenters. The molecule has 1 spiro atoms. The maximum Gasteiger partial charge on any atom is 1.00 e. The molecule has 15 nitrogen and oxygen atoms in total. The van der Waals surface area contributed by atoms with E-state index in [2.05, 4.69) is 49.8 Å². The second-order valence-electron chi connectivity index (χ2n) is 18.6. The summed E-state index contributed by atoms with van der Waals surface area (Å²) in [6, 6.07) is 7.48. The topological polar surface area (TPSA) is 155 Å². The van der Waals surface area contributed by atoms with Crippen LogP contribution in [-0.2, 0) is 23.7 Å². The smallest absolute Gasteiger partial charge is 0.480 e. The number of aryl methyl sites for hydroxylation is 2. The van der Waals surface area contributed by atoms with Crippen molar-refractivity contribution >= 4 is 74.0 Å². The molecule has 1 saturated carbocycles. The molecule has 5 aliphatic rings. The van der Waals surface area contributed by atoms with E-state index < -0.39 is 30.0 Å². The zero-order valence-electron chi connectivity index (χ0n) is 39.0. The standard InChI is InChI=1S/C30H35ClF2N7O2.C18H21FN4O2.Li/c1-38-11-7-29(8-12-38)9-13-40(14-10-29)28-34-16-21(31)26(37-28)35-19-5-6-22-20(15-19)23-24(27(41)39(22)2)42-17-30(32,33)25(36-23)18-3-4-18;1-4-8-23(5-2)15-10-14-12(9-13(15)19)17(21-22(14)3)11-6-7-16(24)20-18(11)25;/h5-6,15-16,18,25,36H,1,3-4,7-14,17H2,2H3,(H,34,35,37);4,9-11H,2,5-8H2,1,3H3,(H,20,24,25);/q-1;-2;+1/t25-;;/m0../s1. The molecule has 3 N–H and O–H groups in total. The molecule has 68 heavy (non-hydrogen) atoms. The van der Waals surface area contributed by atoms with E-state index >= 15 is 0 Å². The molecule has 2 aromatic carbocycles. The van der Waals surface area contributed by atoms with Gasteiger partial charge >= 0.3 is 24.8 Å². The average Bonchev–Trinajstić information content (AvgIpc) is 4.12. The van der Waals surface area contributed by atoms with E-state index in [1.807, 2.05) is 30.4 Å². The quantitative estimate of drug-likeness (QED) is 0.108. The minimum Gasteiger partial charge on any atom is -0.480 e. The van der Waals surface area contributed by atoms with E-state index in [4.69, 9.17) is 21.3 Å². The van der Waals surface area contributed by atoms with Crippen LogP contribution in [0.15, 0.2) is 41.3 Å². The van der Waals surface area contributed by atoms with Gasteiger partial charge in [-0.1, -0.05) is 11.6 Å². The summed E-state index contributed by atoms with van der Waals surface area (Å²) in [4.78, 5) is 52.1. The van der Waals surface area contributed by atoms with Gasteiger partial charge in [-0.3, -0.25) is 31.4 Å². The molecule has 2 atom stereocenters. The number of nitrogens with one attached hydrogen (secondary N) is 3. The molecule has 7 heterocycles. The summed E-state index contributed by atoms with van der Waals surface area (Å²) in [5.74, 6) is -3.85. The van der Waals surface area contributed by atoms with Gasteiger partial charge in [0.25, 0.3) is 5.56 Å². The molecule has 3 saturated heterocycles. The number of likely N-dealkylation sites (tertiary alicyclic amines) is 1. The molecule has 358 valence electrons. The molecule has 1 aliphatic carbocycles. The number of alkyl halides is 2. The summed E-state index contributed by atoms with van der Waals surface area (Å²) in [7, 11) is 7.46. The normalized spacial score (nSPS) is 21.2. The molecule has 4 fully saturated rings. The number of hydrogen-bond donors (Lipinski definition) is 3. The molecule has 20 heteroatoms. The van der Waals surface area contributed by atoms with Crippen LogP contribution in [0.1, 0.15) is 69.9 Å². The summed E-state index contributed by atoms with van der Waals surface area (Å²) >= 11 is 6.53. The van der Waals surface area contributed by atoms with E-state index in [0.717, 1.165) is 57.4 Å². The summed E-state index contributed by atoms with van der Waals surface area (Å²) in [6.07, 6.45) is 10.2. The number of ether oxygens (including phenoxy) is 1. The first-order valence-corrected chi connectivity index (χ1v) is 23.3. The maximum absolute atomic E-state index is 15.0. The van der Waals surface area contributed by atoms with E-state index in [0.29, 0.717) is 80.8 Å². The van der Waals surface area contributed by atoms with Crippen LogP contribution in [0.25, 0.3) is 21.8 Å². The number of amides is 2. The fourth-order valence-electron chi connectivity index (χ4n) is 10.0. The largest absolute Gasteiger partial charge is 1.00 e. The second-order valence-corrected chi connectivity index (χ2v) is 19.0. The number of nitrogens with zero attached hydrogens (tertiary/aromatic N) is 8. The number of hydrogen-bond acceptors (Lipinski definition) is 12. The first-order chi connectivity index (χ1) is 32.1. The van der Waals surface area contributed by atoms with Crippen molar-refractivity contribution in [1.29, 1.82) is 0 Å². The fraction of sp³-hybridized carbons (Fsp3) is 0.479. The van der Waals surface area contributed by atoms with Crippen molar-refractivity contribution in [1.82, 2.24) is 34.5 Å². The molecular weight excluding hydrogens is 894 g/mol. The molecule has 5 aromatic rings. The van der Waals surface area contributed by atoms with E-state index in [9.17, 15) is 27.6 Å². The summed E-state index contributed by atoms with van der Waals surface area (Å²) in [6.45, 7) is 9.79. The average molecular weight is 950 g/mol. The van der Waals surface area contributed by atoms with Gasteiger partial charge in [0.2, 0.25) is 23.5 Å². The van der Waals surface area contributed by atoms with Crippen LogP contribution >= 0.6 is 11.6 Å². The number of carbonyl (C=O) groups excluding carboxylic acids is 2. The van der Waals surface area contributed by atoms with Gasteiger partial charge in [0.1, 0.15) is 10.8 Å². The minimum absolute atomic E-state index is 0. The number of aromatic nitrogens is 5. The number of benzene rings is 2. The molecular formula is C48H56ClF3LiN11O4-2. The van der Waals surface area contributed by atoms with Crippen LogP contribution in [0.5, 0.6) is 5.75 Å².